The molecule has 0 aliphatic heterocycles. The normalized spacial score (nSPS) is 11.8. The highest BCUT2D eigenvalue weighted by Crippen LogP contribution is 2.31. The Bertz CT molecular complexity index is 2860. The molecule has 0 radical (unpaired) electrons. The molecule has 3 nitrogen and oxygen atoms in total. The van der Waals surface area contributed by atoms with E-state index in [1.165, 1.54) is 4.57 Å². The zero-order valence-corrected chi connectivity index (χ0v) is 32.6. The van der Waals surface area contributed by atoms with E-state index in [-0.39, 0.29) is 12.2 Å². The summed E-state index contributed by atoms with van der Waals surface area (Å²) in [6, 6.07) is 17.7. The monoisotopic (exact) mass is 1010 g/mol. The first kappa shape index (κ1) is 51.1. The molecule has 0 atom stereocenters. The number of alkyl halides is 3. The third-order valence-corrected chi connectivity index (χ3v) is 10.2. The second-order valence-corrected chi connectivity index (χ2v) is 14.0. The largest absolute Gasteiger partial charge is 0.575 e. The Morgan fingerprint density at radius 3 is 1.01 bits per heavy atom. The summed E-state index contributed by atoms with van der Waals surface area (Å²) in [5.41, 5.74) is -13.6. The molecule has 1 heterocycles. The predicted molar refractivity (Wildman–Crippen MR) is 190 cm³/mol. The molecule has 0 unspecified atom stereocenters. The first-order valence-electron chi connectivity index (χ1n) is 18.1. The summed E-state index contributed by atoms with van der Waals surface area (Å²) >= 11 is 0. The predicted octanol–water partition coefficient (Wildman–Crippen LogP) is 9.70. The number of hydrogen-bond acceptors (Lipinski definition) is 2. The Morgan fingerprint density at radius 1 is 0.406 bits per heavy atom. The maximum absolute atomic E-state index is 15.4. The average molecular weight is 1010 g/mol. The molecule has 7 rings (SSSR count). The van der Waals surface area contributed by atoms with Gasteiger partial charge in [-0.15, -0.1) is 35.0 Å². The molecule has 1 aromatic heterocycles. The summed E-state index contributed by atoms with van der Waals surface area (Å²) in [7, 11) is 0. The quantitative estimate of drug-likeness (QED) is 0.0398. The number of carbonyl (C=O) groups excluding carboxylic acids is 1. The van der Waals surface area contributed by atoms with Crippen LogP contribution in [-0.2, 0) is 11.3 Å². The summed E-state index contributed by atoms with van der Waals surface area (Å²) in [6.07, 6.45) is -10.7. The van der Waals surface area contributed by atoms with Crippen molar-refractivity contribution in [2.75, 3.05) is 0 Å². The highest BCUT2D eigenvalue weighted by molar-refractivity contribution is 7.20. The molecule has 0 fully saturated rings. The van der Waals surface area contributed by atoms with Gasteiger partial charge in [-0.1, -0.05) is 48.5 Å². The first-order valence-corrected chi connectivity index (χ1v) is 18.1. The number of carbonyl (C=O) groups is 1. The Hall–Kier alpha value is -7.35. The van der Waals surface area contributed by atoms with Gasteiger partial charge in [0, 0.05) is 11.6 Å². The average Bonchev–Trinajstić information content (AvgIpc) is 3.31. The number of halogens is 23. The molecule has 0 aliphatic carbocycles. The van der Waals surface area contributed by atoms with Crippen LogP contribution in [-0.4, -0.2) is 18.5 Å². The lowest BCUT2D eigenvalue weighted by atomic mass is 9.12. The number of rotatable bonds is 7. The Morgan fingerprint density at radius 2 is 0.696 bits per heavy atom. The van der Waals surface area contributed by atoms with E-state index in [9.17, 15) is 70.7 Å². The lowest BCUT2D eigenvalue weighted by Crippen LogP contribution is -2.81. The molecule has 7 aromatic rings. The van der Waals surface area contributed by atoms with Crippen LogP contribution in [0.3, 0.4) is 0 Å². The summed E-state index contributed by atoms with van der Waals surface area (Å²) < 4.78 is 337. The van der Waals surface area contributed by atoms with E-state index in [4.69, 9.17) is 0 Å². The van der Waals surface area contributed by atoms with Gasteiger partial charge in [0.15, 0.2) is 82.5 Å². The van der Waals surface area contributed by atoms with Crippen LogP contribution in [0.25, 0.3) is 10.8 Å². The van der Waals surface area contributed by atoms with Gasteiger partial charge in [-0.05, 0) is 11.5 Å². The lowest BCUT2D eigenvalue weighted by molar-refractivity contribution is -0.689. The van der Waals surface area contributed by atoms with Crippen LogP contribution in [0.4, 0.5) is 101 Å². The zero-order valence-electron chi connectivity index (χ0n) is 32.6. The molecule has 0 spiro atoms. The van der Waals surface area contributed by atoms with Gasteiger partial charge in [0.25, 0.3) is 5.69 Å². The van der Waals surface area contributed by atoms with Crippen molar-refractivity contribution in [3.63, 3.8) is 0 Å². The Kier molecular flexibility index (Phi) is 13.8. The zero-order chi connectivity index (χ0) is 51.5. The van der Waals surface area contributed by atoms with Crippen LogP contribution in [0.2, 0.25) is 0 Å². The highest BCUT2D eigenvalue weighted by Gasteiger charge is 2.52. The van der Waals surface area contributed by atoms with Crippen molar-refractivity contribution in [2.45, 2.75) is 12.9 Å². The Balaban J connectivity index is 0.000000273. The topological polar surface area (TPSA) is 30.2 Å². The molecule has 362 valence electrons. The van der Waals surface area contributed by atoms with Crippen LogP contribution in [0.1, 0.15) is 16.1 Å². The molecule has 6 aromatic carbocycles. The minimum atomic E-state index is -7.22. The SMILES string of the molecule is Fc1c(F)c(F)c([B-](c2c(F)c(F)c(F)c(F)c2F)(c2c(F)c(F)c(F)c(F)c2F)c2c(F)c(F)c(F)c(F)c2F)c(F)c1F.O=C(OC(F)(F)F)c1c2ccccc2cc[n+]1Cc1ccccc1. The molecular formula is C42H13BF23NO2. The number of pyridine rings is 1. The van der Waals surface area contributed by atoms with Gasteiger partial charge in [0.2, 0.25) is 0 Å². The van der Waals surface area contributed by atoms with Crippen molar-refractivity contribution in [1.82, 2.24) is 0 Å². The number of benzene rings is 6. The van der Waals surface area contributed by atoms with Crippen molar-refractivity contribution in [3.8, 4) is 0 Å². The van der Waals surface area contributed by atoms with Crippen LogP contribution < -0.4 is 26.4 Å². The van der Waals surface area contributed by atoms with Gasteiger partial charge in [0.05, 0.1) is 5.39 Å². The lowest BCUT2D eigenvalue weighted by Gasteiger charge is -2.44. The van der Waals surface area contributed by atoms with E-state index in [1.54, 1.807) is 36.5 Å². The fourth-order valence-corrected chi connectivity index (χ4v) is 7.42. The molecule has 0 bridgehead atoms. The fourth-order valence-electron chi connectivity index (χ4n) is 7.42. The standard InChI is InChI=1S/C24BF20.C18H13F3NO2/c26-5-1(6(27)14(35)21(42)13(5)34)25(2-7(28)15(36)22(43)16(37)8(2)29,3-9(30)17(38)23(44)18(39)10(3)31)4-11(32)19(40)24(45)20(41)12(4)33;19-18(20,21)24-17(23)16-15-9-5-4-8-14(15)10-11-22(16)12-13-6-2-1-3-7-13/h;1-11H,12H2/q-1;+1. The van der Waals surface area contributed by atoms with E-state index >= 15 is 35.1 Å². The van der Waals surface area contributed by atoms with E-state index in [0.29, 0.717) is 10.8 Å². The van der Waals surface area contributed by atoms with Crippen molar-refractivity contribution in [1.29, 1.82) is 0 Å². The number of nitrogens with zero attached hydrogens (tertiary/aromatic N) is 1. The van der Waals surface area contributed by atoms with Crippen molar-refractivity contribution >= 4 is 44.7 Å². The molecule has 27 heteroatoms. The highest BCUT2D eigenvalue weighted by atomic mass is 19.4. The van der Waals surface area contributed by atoms with Gasteiger partial charge in [-0.3, -0.25) is 0 Å². The van der Waals surface area contributed by atoms with E-state index in [1.807, 2.05) is 30.3 Å². The van der Waals surface area contributed by atoms with E-state index < -0.39 is 157 Å². The van der Waals surface area contributed by atoms with E-state index in [2.05, 4.69) is 4.74 Å². The minimum absolute atomic E-state index is 0.130. The van der Waals surface area contributed by atoms with Gasteiger partial charge in [0.1, 0.15) is 52.7 Å². The van der Waals surface area contributed by atoms with Crippen LogP contribution in [0.5, 0.6) is 0 Å². The molecular weight excluding hydrogens is 998 g/mol. The molecule has 0 saturated heterocycles. The number of aromatic nitrogens is 1. The van der Waals surface area contributed by atoms with Crippen molar-refractivity contribution in [2.24, 2.45) is 0 Å². The van der Waals surface area contributed by atoms with E-state index in [0.717, 1.165) is 5.56 Å². The van der Waals surface area contributed by atoms with Crippen molar-refractivity contribution < 1.29 is 115 Å². The van der Waals surface area contributed by atoms with Crippen LogP contribution in [0.15, 0.2) is 66.9 Å². The number of esters is 1. The van der Waals surface area contributed by atoms with Gasteiger partial charge < -0.3 is 4.74 Å². The molecule has 69 heavy (non-hydrogen) atoms. The fraction of sp³-hybridized carbons (Fsp3) is 0.0476. The summed E-state index contributed by atoms with van der Waals surface area (Å²) in [4.78, 5) is 12.1. The summed E-state index contributed by atoms with van der Waals surface area (Å²) in [5, 5.41) is 1.07. The van der Waals surface area contributed by atoms with Crippen molar-refractivity contribution in [3.05, 3.63) is 194 Å². The maximum Gasteiger partial charge on any atom is 0.575 e. The second-order valence-electron chi connectivity index (χ2n) is 14.0. The number of ether oxygens (including phenoxy) is 1. The second kappa shape index (κ2) is 18.6. The smallest absolute Gasteiger partial charge is 0.365 e. The van der Waals surface area contributed by atoms with Gasteiger partial charge in [-0.2, -0.15) is 4.57 Å². The summed E-state index contributed by atoms with van der Waals surface area (Å²) in [5.74, 6) is -72.8. The maximum atomic E-state index is 15.4. The van der Waals surface area contributed by atoms with Crippen LogP contribution >= 0.6 is 0 Å². The molecule has 0 aliphatic rings. The third-order valence-electron chi connectivity index (χ3n) is 10.2. The van der Waals surface area contributed by atoms with Crippen LogP contribution in [0, 0.1) is 116 Å². The molecule has 0 amide bonds. The minimum Gasteiger partial charge on any atom is -0.365 e. The first-order chi connectivity index (χ1) is 32.1. The third kappa shape index (κ3) is 8.40. The Labute approximate surface area is 367 Å². The van der Waals surface area contributed by atoms with Gasteiger partial charge in [-0.25, -0.2) is 92.6 Å². The molecule has 0 N–H and O–H groups in total. The molecule has 0 saturated carbocycles. The van der Waals surface area contributed by atoms with Gasteiger partial charge >= 0.3 is 12.3 Å². The number of hydrogen-bond donors (Lipinski definition) is 0. The number of fused-ring (bicyclic) bond motifs is 1. The summed E-state index contributed by atoms with van der Waals surface area (Å²) in [6.45, 7) is 0.258.